The van der Waals surface area contributed by atoms with Crippen LogP contribution in [0, 0.1) is 0 Å². The van der Waals surface area contributed by atoms with Gasteiger partial charge in [-0.3, -0.25) is 0 Å². The minimum Gasteiger partial charge on any atom is -0.567 e. The molecule has 0 saturated carbocycles. The second-order valence-electron chi connectivity index (χ2n) is 0.505. The monoisotopic (exact) mass is 211 g/mol. The normalized spacial score (nSPS) is 7.75. The molecule has 1 unspecified atom stereocenters. The molecule has 8 heavy (non-hydrogen) atoms. The molecule has 44 valence electrons. The van der Waals surface area contributed by atoms with Gasteiger partial charge in [-0.15, -0.1) is 0 Å². The van der Waals surface area contributed by atoms with E-state index in [4.69, 9.17) is 14.4 Å². The summed E-state index contributed by atoms with van der Waals surface area (Å²) < 4.78 is 8.59. The molecule has 3 nitrogen and oxygen atoms in total. The van der Waals surface area contributed by atoms with Crippen LogP contribution in [0.3, 0.4) is 0 Å². The summed E-state index contributed by atoms with van der Waals surface area (Å²) in [6.45, 7) is 2.04. The largest absolute Gasteiger partial charge is 1.00 e. The molecule has 0 amide bonds. The van der Waals surface area contributed by atoms with E-state index in [0.29, 0.717) is 0 Å². The van der Waals surface area contributed by atoms with Gasteiger partial charge in [0.15, 0.2) is 0 Å². The van der Waals surface area contributed by atoms with E-state index in [1.54, 1.807) is 0 Å². The van der Waals surface area contributed by atoms with Gasteiger partial charge in [-0.1, -0.05) is 22.9 Å². The summed E-state index contributed by atoms with van der Waals surface area (Å²) in [5.74, 6) is 0. The first kappa shape index (κ1) is 16.2. The van der Waals surface area contributed by atoms with Crippen molar-refractivity contribution in [3.63, 3.8) is 0 Å². The molecule has 0 spiro atoms. The first-order valence-corrected chi connectivity index (χ1v) is 3.79. The molecule has 0 saturated heterocycles. The van der Waals surface area contributed by atoms with E-state index in [2.05, 4.69) is 15.9 Å². The molecule has 0 bridgehead atoms. The third-order valence-electron chi connectivity index (χ3n) is 0. The third-order valence-corrected chi connectivity index (χ3v) is 0. The summed E-state index contributed by atoms with van der Waals surface area (Å²) in [7, 11) is -3.12. The standard InChI is InChI=1S/C2H5Br.Na.HO3P/c1-2-3;;1-4(2)3/h2H2,1H3;;(H,1,2,3)/q;+1;. The van der Waals surface area contributed by atoms with Crippen LogP contribution < -0.4 is 34.5 Å². The van der Waals surface area contributed by atoms with Gasteiger partial charge in [0.05, 0.1) is 0 Å². The zero-order chi connectivity index (χ0) is 6.28. The van der Waals surface area contributed by atoms with E-state index < -0.39 is 8.25 Å². The van der Waals surface area contributed by atoms with Crippen LogP contribution in [0.25, 0.3) is 0 Å². The van der Waals surface area contributed by atoms with Crippen LogP contribution in [0.1, 0.15) is 6.92 Å². The van der Waals surface area contributed by atoms with Gasteiger partial charge in [-0.05, 0) is 4.57 Å². The summed E-state index contributed by atoms with van der Waals surface area (Å²) in [5.41, 5.74) is 0. The fourth-order valence-corrected chi connectivity index (χ4v) is 0. The fourth-order valence-electron chi connectivity index (χ4n) is 0. The van der Waals surface area contributed by atoms with Crippen LogP contribution in [0.4, 0.5) is 0 Å². The quantitative estimate of drug-likeness (QED) is 0.272. The molecule has 6 heteroatoms. The molecule has 0 fully saturated rings. The van der Waals surface area contributed by atoms with Crippen molar-refractivity contribution in [1.29, 1.82) is 0 Å². The Balaban J connectivity index is -0.0000000575. The summed E-state index contributed by atoms with van der Waals surface area (Å²) in [4.78, 5) is 15.6. The molecule has 0 aliphatic carbocycles. The zero-order valence-corrected chi connectivity index (χ0v) is 9.28. The van der Waals surface area contributed by atoms with Crippen molar-refractivity contribution in [2.24, 2.45) is 0 Å². The summed E-state index contributed by atoms with van der Waals surface area (Å²) in [6, 6.07) is 0. The van der Waals surface area contributed by atoms with Crippen LogP contribution >= 0.6 is 24.2 Å². The predicted octanol–water partition coefficient (Wildman–Crippen LogP) is -2.60. The Bertz CT molecular complexity index is 48.5. The van der Waals surface area contributed by atoms with E-state index >= 15 is 0 Å². The van der Waals surface area contributed by atoms with Gasteiger partial charge < -0.3 is 4.89 Å². The van der Waals surface area contributed by atoms with E-state index in [-0.39, 0.29) is 29.6 Å². The smallest absolute Gasteiger partial charge is 0.567 e. The Morgan fingerprint density at radius 2 is 1.88 bits per heavy atom. The van der Waals surface area contributed by atoms with Gasteiger partial charge in [-0.25, -0.2) is 0 Å². The molecule has 0 aromatic rings. The Morgan fingerprint density at radius 3 is 1.88 bits per heavy atom. The molecule has 0 rings (SSSR count). The van der Waals surface area contributed by atoms with Gasteiger partial charge in [0.1, 0.15) is 0 Å². The zero-order valence-electron chi connectivity index (χ0n) is 4.80. The van der Waals surface area contributed by atoms with E-state index in [1.165, 1.54) is 0 Å². The number of hydrogen-bond donors (Lipinski definition) is 1. The van der Waals surface area contributed by atoms with Gasteiger partial charge in [0, 0.05) is 5.33 Å². The minimum absolute atomic E-state index is 0. The Hall–Kier alpha value is 1.50. The topological polar surface area (TPSA) is 60.4 Å². The van der Waals surface area contributed by atoms with E-state index in [9.17, 15) is 0 Å². The van der Waals surface area contributed by atoms with E-state index in [0.717, 1.165) is 5.33 Å². The maximum Gasteiger partial charge on any atom is 1.00 e. The first-order chi connectivity index (χ1) is 3.15. The van der Waals surface area contributed by atoms with Crippen molar-refractivity contribution in [1.82, 2.24) is 0 Å². The van der Waals surface area contributed by atoms with Crippen molar-refractivity contribution in [3.05, 3.63) is 0 Å². The molecular weight excluding hydrogens is 206 g/mol. The molecule has 0 aromatic heterocycles. The third kappa shape index (κ3) is 141. The molecular formula is C2H6BrNaO3P+. The first-order valence-electron chi connectivity index (χ1n) is 1.54. The van der Waals surface area contributed by atoms with Gasteiger partial charge >= 0.3 is 37.8 Å². The van der Waals surface area contributed by atoms with E-state index in [1.807, 2.05) is 6.92 Å². The Labute approximate surface area is 79.9 Å². The van der Waals surface area contributed by atoms with Gasteiger partial charge in [0.2, 0.25) is 0 Å². The summed E-state index contributed by atoms with van der Waals surface area (Å²) >= 11 is 3.15. The maximum atomic E-state index is 8.59. The predicted molar refractivity (Wildman–Crippen MR) is 29.3 cm³/mol. The average molecular weight is 212 g/mol. The number of halogens is 1. The van der Waals surface area contributed by atoms with Crippen LogP contribution in [0.15, 0.2) is 0 Å². The molecule has 1 N–H and O–H groups in total. The number of alkyl halides is 1. The molecule has 0 radical (unpaired) electrons. The molecule has 1 atom stereocenters. The van der Waals surface area contributed by atoms with Crippen LogP contribution in [0.2, 0.25) is 0 Å². The second kappa shape index (κ2) is 15.8. The van der Waals surface area contributed by atoms with Crippen molar-refractivity contribution < 1.29 is 43.9 Å². The molecule has 0 aromatic carbocycles. The summed E-state index contributed by atoms with van der Waals surface area (Å²) in [5, 5.41) is 1.06. The molecule has 0 aliphatic heterocycles. The molecule has 0 aliphatic rings. The van der Waals surface area contributed by atoms with Crippen LogP contribution in [-0.4, -0.2) is 10.2 Å². The molecule has 0 heterocycles. The SMILES string of the molecule is CCBr.O=[P+]([O-])O.[Na+]. The number of hydrogen-bond acceptors (Lipinski definition) is 2. The minimum atomic E-state index is -3.12. The average Bonchev–Trinajstić information content (AvgIpc) is 1.33. The van der Waals surface area contributed by atoms with Crippen LogP contribution in [0.5, 0.6) is 0 Å². The van der Waals surface area contributed by atoms with Gasteiger partial charge in [-0.2, -0.15) is 4.89 Å². The Kier molecular flexibility index (Phi) is 32.1. The van der Waals surface area contributed by atoms with Crippen molar-refractivity contribution in [2.45, 2.75) is 6.92 Å². The second-order valence-corrected chi connectivity index (χ2v) is 2.10. The van der Waals surface area contributed by atoms with Crippen LogP contribution in [-0.2, 0) is 4.57 Å². The fraction of sp³-hybridized carbons (Fsp3) is 1.00. The van der Waals surface area contributed by atoms with Crippen molar-refractivity contribution in [3.8, 4) is 0 Å². The van der Waals surface area contributed by atoms with Crippen molar-refractivity contribution in [2.75, 3.05) is 5.33 Å². The van der Waals surface area contributed by atoms with Crippen molar-refractivity contribution >= 4 is 24.2 Å². The summed E-state index contributed by atoms with van der Waals surface area (Å²) in [6.07, 6.45) is 0. The maximum absolute atomic E-state index is 8.59. The Morgan fingerprint density at radius 1 is 1.88 bits per heavy atom. The van der Waals surface area contributed by atoms with Gasteiger partial charge in [0.25, 0.3) is 0 Å². The number of rotatable bonds is 0.